The van der Waals surface area contributed by atoms with Crippen molar-refractivity contribution >= 4 is 11.9 Å². The van der Waals surface area contributed by atoms with Crippen LogP contribution in [0.2, 0.25) is 0 Å². The third-order valence-electron chi connectivity index (χ3n) is 2.97. The predicted molar refractivity (Wildman–Crippen MR) is 55.3 cm³/mol. The summed E-state index contributed by atoms with van der Waals surface area (Å²) in [6.45, 7) is 2.74. The normalized spacial score (nSPS) is 28.0. The van der Waals surface area contributed by atoms with E-state index in [0.717, 1.165) is 0 Å². The molecule has 15 heavy (non-hydrogen) atoms. The molecule has 0 saturated carbocycles. The first-order valence-electron chi connectivity index (χ1n) is 5.01. The van der Waals surface area contributed by atoms with Crippen molar-refractivity contribution < 1.29 is 14.3 Å². The minimum absolute atomic E-state index is 0.0130. The number of esters is 1. The molecule has 0 spiro atoms. The second-order valence-corrected chi connectivity index (χ2v) is 4.03. The summed E-state index contributed by atoms with van der Waals surface area (Å²) in [5.74, 6) is -0.358. The second-order valence-electron chi connectivity index (χ2n) is 4.03. The maximum absolute atomic E-state index is 11.8. The van der Waals surface area contributed by atoms with Crippen molar-refractivity contribution in [1.29, 1.82) is 0 Å². The molecule has 0 N–H and O–H groups in total. The van der Waals surface area contributed by atoms with E-state index in [2.05, 4.69) is 4.74 Å². The Morgan fingerprint density at radius 3 is 2.67 bits per heavy atom. The zero-order valence-electron chi connectivity index (χ0n) is 9.69. The lowest BCUT2D eigenvalue weighted by Gasteiger charge is -2.41. The average molecular weight is 214 g/mol. The van der Waals surface area contributed by atoms with E-state index in [4.69, 9.17) is 0 Å². The van der Waals surface area contributed by atoms with Crippen LogP contribution in [-0.4, -0.2) is 61.5 Å². The Hall–Kier alpha value is -1.10. The molecular formula is C10H18N2O3. The molecule has 1 aliphatic rings. The Balaban J connectivity index is 2.73. The first kappa shape index (κ1) is 12.0. The Morgan fingerprint density at radius 2 is 2.13 bits per heavy atom. The van der Waals surface area contributed by atoms with E-state index in [0.29, 0.717) is 6.54 Å². The van der Waals surface area contributed by atoms with Crippen LogP contribution < -0.4 is 0 Å². The maximum atomic E-state index is 11.8. The van der Waals surface area contributed by atoms with Crippen molar-refractivity contribution in [3.8, 4) is 0 Å². The molecule has 2 unspecified atom stereocenters. The third-order valence-corrected chi connectivity index (χ3v) is 2.97. The minimum Gasteiger partial charge on any atom is -0.469 e. The molecule has 0 aromatic rings. The first-order valence-corrected chi connectivity index (χ1v) is 5.01. The summed E-state index contributed by atoms with van der Waals surface area (Å²) in [4.78, 5) is 26.6. The van der Waals surface area contributed by atoms with Crippen LogP contribution in [0.15, 0.2) is 0 Å². The number of piperazine rings is 1. The van der Waals surface area contributed by atoms with Crippen molar-refractivity contribution in [1.82, 2.24) is 9.80 Å². The molecule has 0 aromatic heterocycles. The van der Waals surface area contributed by atoms with E-state index in [-0.39, 0.29) is 30.4 Å². The number of amides is 1. The quantitative estimate of drug-likeness (QED) is 0.593. The van der Waals surface area contributed by atoms with Gasteiger partial charge in [-0.2, -0.15) is 0 Å². The molecule has 2 atom stereocenters. The Bertz CT molecular complexity index is 267. The van der Waals surface area contributed by atoms with Crippen molar-refractivity contribution in [2.24, 2.45) is 0 Å². The molecule has 0 bridgehead atoms. The number of hydrogen-bond acceptors (Lipinski definition) is 4. The molecule has 1 saturated heterocycles. The van der Waals surface area contributed by atoms with Gasteiger partial charge < -0.3 is 9.64 Å². The Kier molecular flexibility index (Phi) is 3.68. The van der Waals surface area contributed by atoms with Crippen LogP contribution >= 0.6 is 0 Å². The summed E-state index contributed by atoms with van der Waals surface area (Å²) < 4.78 is 4.58. The average Bonchev–Trinajstić information content (AvgIpc) is 2.21. The van der Waals surface area contributed by atoms with Crippen LogP contribution in [0, 0.1) is 0 Å². The SMILES string of the molecule is COC(=O)CC1C(=O)N(C)CC(C)N1C. The summed E-state index contributed by atoms with van der Waals surface area (Å²) in [7, 11) is 4.96. The number of rotatable bonds is 2. The van der Waals surface area contributed by atoms with Gasteiger partial charge in [-0.3, -0.25) is 14.5 Å². The molecular weight excluding hydrogens is 196 g/mol. The molecule has 0 radical (unpaired) electrons. The Morgan fingerprint density at radius 1 is 1.53 bits per heavy atom. The zero-order chi connectivity index (χ0) is 11.6. The van der Waals surface area contributed by atoms with Crippen molar-refractivity contribution in [2.45, 2.75) is 25.4 Å². The van der Waals surface area contributed by atoms with E-state index in [1.54, 1.807) is 11.9 Å². The molecule has 1 aliphatic heterocycles. The fourth-order valence-electron chi connectivity index (χ4n) is 1.82. The lowest BCUT2D eigenvalue weighted by molar-refractivity contribution is -0.151. The summed E-state index contributed by atoms with van der Waals surface area (Å²) in [6.07, 6.45) is 0.126. The van der Waals surface area contributed by atoms with E-state index < -0.39 is 0 Å². The molecule has 86 valence electrons. The zero-order valence-corrected chi connectivity index (χ0v) is 9.69. The standard InChI is InChI=1S/C10H18N2O3/c1-7-6-11(2)10(14)8(12(7)3)5-9(13)15-4/h7-8H,5-6H2,1-4H3. The fourth-order valence-corrected chi connectivity index (χ4v) is 1.82. The van der Waals surface area contributed by atoms with Gasteiger partial charge in [0.1, 0.15) is 0 Å². The van der Waals surface area contributed by atoms with Gasteiger partial charge in [-0.1, -0.05) is 0 Å². The van der Waals surface area contributed by atoms with Crippen LogP contribution in [0.3, 0.4) is 0 Å². The summed E-state index contributed by atoms with van der Waals surface area (Å²) >= 11 is 0. The van der Waals surface area contributed by atoms with Gasteiger partial charge in [0.15, 0.2) is 0 Å². The number of nitrogens with zero attached hydrogens (tertiary/aromatic N) is 2. The molecule has 0 aromatic carbocycles. The third kappa shape index (κ3) is 2.47. The lowest BCUT2D eigenvalue weighted by atomic mass is 10.0. The van der Waals surface area contributed by atoms with Crippen molar-refractivity contribution in [3.05, 3.63) is 0 Å². The van der Waals surface area contributed by atoms with Gasteiger partial charge in [0, 0.05) is 19.6 Å². The monoisotopic (exact) mass is 214 g/mol. The predicted octanol–water partition coefficient (Wildman–Crippen LogP) is -0.290. The molecule has 5 heteroatoms. The number of ether oxygens (including phenoxy) is 1. The molecule has 1 fully saturated rings. The van der Waals surface area contributed by atoms with E-state index in [9.17, 15) is 9.59 Å². The van der Waals surface area contributed by atoms with Gasteiger partial charge in [-0.05, 0) is 14.0 Å². The van der Waals surface area contributed by atoms with E-state index in [1.165, 1.54) is 7.11 Å². The lowest BCUT2D eigenvalue weighted by Crippen LogP contribution is -2.58. The number of likely N-dealkylation sites (N-methyl/N-ethyl adjacent to an activating group) is 2. The van der Waals surface area contributed by atoms with Gasteiger partial charge in [-0.25, -0.2) is 0 Å². The van der Waals surface area contributed by atoms with Gasteiger partial charge in [0.05, 0.1) is 19.6 Å². The second kappa shape index (κ2) is 4.61. The molecule has 1 heterocycles. The van der Waals surface area contributed by atoms with E-state index in [1.807, 2.05) is 18.9 Å². The topological polar surface area (TPSA) is 49.9 Å². The first-order chi connectivity index (χ1) is 6.97. The summed E-state index contributed by atoms with van der Waals surface area (Å²) in [5, 5.41) is 0. The van der Waals surface area contributed by atoms with E-state index >= 15 is 0 Å². The largest absolute Gasteiger partial charge is 0.469 e. The van der Waals surface area contributed by atoms with Gasteiger partial charge in [-0.15, -0.1) is 0 Å². The minimum atomic E-state index is -0.383. The highest BCUT2D eigenvalue weighted by Gasteiger charge is 2.36. The van der Waals surface area contributed by atoms with Crippen LogP contribution in [-0.2, 0) is 14.3 Å². The van der Waals surface area contributed by atoms with Crippen LogP contribution in [0.4, 0.5) is 0 Å². The number of carbonyl (C=O) groups excluding carboxylic acids is 2. The number of hydrogen-bond donors (Lipinski definition) is 0. The molecule has 5 nitrogen and oxygen atoms in total. The number of carbonyl (C=O) groups is 2. The highest BCUT2D eigenvalue weighted by atomic mass is 16.5. The summed E-state index contributed by atoms with van der Waals surface area (Å²) in [5.41, 5.74) is 0. The molecule has 1 amide bonds. The van der Waals surface area contributed by atoms with Crippen molar-refractivity contribution in [2.75, 3.05) is 27.7 Å². The fraction of sp³-hybridized carbons (Fsp3) is 0.800. The van der Waals surface area contributed by atoms with Crippen LogP contribution in [0.5, 0.6) is 0 Å². The van der Waals surface area contributed by atoms with Crippen LogP contribution in [0.25, 0.3) is 0 Å². The maximum Gasteiger partial charge on any atom is 0.307 e. The van der Waals surface area contributed by atoms with Gasteiger partial charge in [0.25, 0.3) is 0 Å². The molecule has 0 aliphatic carbocycles. The summed E-state index contributed by atoms with van der Waals surface area (Å²) in [6, 6.07) is -0.117. The molecule has 1 rings (SSSR count). The Labute approximate surface area is 90.0 Å². The smallest absolute Gasteiger partial charge is 0.307 e. The highest BCUT2D eigenvalue weighted by molar-refractivity contribution is 5.87. The van der Waals surface area contributed by atoms with Gasteiger partial charge >= 0.3 is 5.97 Å². The van der Waals surface area contributed by atoms with Crippen LogP contribution in [0.1, 0.15) is 13.3 Å². The highest BCUT2D eigenvalue weighted by Crippen LogP contribution is 2.16. The van der Waals surface area contributed by atoms with Crippen molar-refractivity contribution in [3.63, 3.8) is 0 Å². The van der Waals surface area contributed by atoms with Gasteiger partial charge in [0.2, 0.25) is 5.91 Å². The number of methoxy groups -OCH3 is 1.